The fourth-order valence-corrected chi connectivity index (χ4v) is 5.28. The zero-order valence-electron chi connectivity index (χ0n) is 20.0. The van der Waals surface area contributed by atoms with Crippen LogP contribution in [-0.4, -0.2) is 54.9 Å². The smallest absolute Gasteiger partial charge is 0.338 e. The molecule has 1 saturated heterocycles. The molecule has 0 aliphatic carbocycles. The van der Waals surface area contributed by atoms with Crippen LogP contribution in [0.25, 0.3) is 11.2 Å². The molecule has 202 valence electrons. The van der Waals surface area contributed by atoms with Gasteiger partial charge in [0.2, 0.25) is 5.95 Å². The van der Waals surface area contributed by atoms with Gasteiger partial charge in [-0.1, -0.05) is 34.8 Å². The summed E-state index contributed by atoms with van der Waals surface area (Å²) in [4.78, 5) is 37.0. The number of ether oxygens (including phenoxy) is 2. The standard InChI is InChI=1S/C25H19Cl3FN5O5/c1-25(29)17(15-8-13(27)6-7-14(15)21(35)36)16(9-38-22(37)11-2-4-12(26)5-3-11)39-23(25)34-10-31-18-19(28)32-24(30)33-20(18)34/h2-8,10,16-17,23H,9H2,1H3,(H,35,36)(H2,30,32,33)/t16-,17?,23?,25?/m0/s1. The number of aromatic carboxylic acids is 1. The lowest BCUT2D eigenvalue weighted by atomic mass is 9.80. The monoisotopic (exact) mass is 593 g/mol. The maximum atomic E-state index is 17.0. The first kappa shape index (κ1) is 27.1. The van der Waals surface area contributed by atoms with E-state index in [0.29, 0.717) is 5.02 Å². The number of hydrogen-bond donors (Lipinski definition) is 2. The van der Waals surface area contributed by atoms with Crippen LogP contribution in [0.5, 0.6) is 0 Å². The topological polar surface area (TPSA) is 142 Å². The number of nitrogen functional groups attached to an aromatic ring is 1. The number of hydrogen-bond acceptors (Lipinski definition) is 8. The number of rotatable bonds is 6. The van der Waals surface area contributed by atoms with Crippen molar-refractivity contribution in [3.05, 3.63) is 80.7 Å². The second kappa shape index (κ2) is 10.2. The third kappa shape index (κ3) is 4.98. The lowest BCUT2D eigenvalue weighted by Gasteiger charge is -2.29. The number of aromatic nitrogens is 4. The van der Waals surface area contributed by atoms with E-state index in [-0.39, 0.29) is 44.0 Å². The number of nitrogens with zero attached hydrogens (tertiary/aromatic N) is 4. The molecule has 2 aromatic carbocycles. The second-order valence-electron chi connectivity index (χ2n) is 8.99. The Labute approximate surface area is 235 Å². The van der Waals surface area contributed by atoms with Crippen LogP contribution in [0.4, 0.5) is 10.3 Å². The average Bonchev–Trinajstić information content (AvgIpc) is 3.40. The summed E-state index contributed by atoms with van der Waals surface area (Å²) in [6.45, 7) is 0.825. The van der Waals surface area contributed by atoms with E-state index >= 15 is 4.39 Å². The Morgan fingerprint density at radius 2 is 1.85 bits per heavy atom. The number of nitrogens with two attached hydrogens (primary N) is 1. The zero-order chi connectivity index (χ0) is 28.1. The maximum Gasteiger partial charge on any atom is 0.338 e. The molecule has 14 heteroatoms. The first-order chi connectivity index (χ1) is 18.5. The van der Waals surface area contributed by atoms with Crippen molar-refractivity contribution < 1.29 is 28.6 Å². The van der Waals surface area contributed by atoms with Crippen LogP contribution < -0.4 is 5.73 Å². The van der Waals surface area contributed by atoms with E-state index in [1.807, 2.05) is 0 Å². The van der Waals surface area contributed by atoms with Gasteiger partial charge in [-0.15, -0.1) is 0 Å². The van der Waals surface area contributed by atoms with E-state index in [1.54, 1.807) is 0 Å². The molecule has 4 atom stereocenters. The molecule has 10 nitrogen and oxygen atoms in total. The number of carboxylic acid groups (broad SMARTS) is 1. The van der Waals surface area contributed by atoms with Gasteiger partial charge in [0.15, 0.2) is 22.7 Å². The number of anilines is 1. The molecule has 2 aromatic heterocycles. The molecule has 0 bridgehead atoms. The Balaban J connectivity index is 1.57. The molecule has 5 rings (SSSR count). The van der Waals surface area contributed by atoms with Gasteiger partial charge in [0, 0.05) is 10.0 Å². The van der Waals surface area contributed by atoms with E-state index in [1.165, 1.54) is 60.3 Å². The third-order valence-electron chi connectivity index (χ3n) is 6.45. The Kier molecular flexibility index (Phi) is 7.10. The summed E-state index contributed by atoms with van der Waals surface area (Å²) in [6, 6.07) is 10.0. The van der Waals surface area contributed by atoms with Crippen molar-refractivity contribution in [2.75, 3.05) is 12.3 Å². The van der Waals surface area contributed by atoms with Crippen molar-refractivity contribution in [3.8, 4) is 0 Å². The molecule has 1 aliphatic rings. The summed E-state index contributed by atoms with van der Waals surface area (Å²) in [5.41, 5.74) is 3.80. The van der Waals surface area contributed by atoms with Crippen LogP contribution in [0.3, 0.4) is 0 Å². The minimum Gasteiger partial charge on any atom is -0.478 e. The van der Waals surface area contributed by atoms with E-state index in [4.69, 9.17) is 50.0 Å². The van der Waals surface area contributed by atoms with Gasteiger partial charge in [-0.2, -0.15) is 9.97 Å². The van der Waals surface area contributed by atoms with Crippen molar-refractivity contribution in [2.24, 2.45) is 0 Å². The van der Waals surface area contributed by atoms with Crippen LogP contribution in [0, 0.1) is 0 Å². The molecular weight excluding hydrogens is 576 g/mol. The maximum absolute atomic E-state index is 17.0. The predicted octanol–water partition coefficient (Wildman–Crippen LogP) is 5.33. The summed E-state index contributed by atoms with van der Waals surface area (Å²) >= 11 is 18.2. The first-order valence-electron chi connectivity index (χ1n) is 11.4. The van der Waals surface area contributed by atoms with Gasteiger partial charge in [0.25, 0.3) is 0 Å². The lowest BCUT2D eigenvalue weighted by molar-refractivity contribution is -0.0601. The van der Waals surface area contributed by atoms with E-state index in [9.17, 15) is 14.7 Å². The van der Waals surface area contributed by atoms with Gasteiger partial charge < -0.3 is 20.3 Å². The van der Waals surface area contributed by atoms with Gasteiger partial charge in [0.05, 0.1) is 23.4 Å². The number of halogens is 4. The van der Waals surface area contributed by atoms with Gasteiger partial charge in [-0.05, 0) is 55.0 Å². The highest BCUT2D eigenvalue weighted by molar-refractivity contribution is 6.33. The highest BCUT2D eigenvalue weighted by atomic mass is 35.5. The first-order valence-corrected chi connectivity index (χ1v) is 12.6. The molecule has 0 radical (unpaired) electrons. The fourth-order valence-electron chi connectivity index (χ4n) is 4.75. The van der Waals surface area contributed by atoms with E-state index in [0.717, 1.165) is 0 Å². The highest BCUT2D eigenvalue weighted by Crippen LogP contribution is 2.52. The quantitative estimate of drug-likeness (QED) is 0.224. The van der Waals surface area contributed by atoms with E-state index in [2.05, 4.69) is 15.0 Å². The number of carboxylic acids is 1. The molecule has 0 spiro atoms. The largest absolute Gasteiger partial charge is 0.478 e. The van der Waals surface area contributed by atoms with Crippen LogP contribution in [0.1, 0.15) is 45.3 Å². The SMILES string of the molecule is CC1(F)C(c2cc(Cl)ccc2C(=O)O)[C@H](COC(=O)c2ccc(Cl)cc2)OC1n1cnc2c(Cl)nc(N)nc21. The zero-order valence-corrected chi connectivity index (χ0v) is 22.3. The van der Waals surface area contributed by atoms with Crippen molar-refractivity contribution in [2.45, 2.75) is 30.8 Å². The van der Waals surface area contributed by atoms with Gasteiger partial charge >= 0.3 is 11.9 Å². The van der Waals surface area contributed by atoms with Gasteiger partial charge in [-0.25, -0.2) is 19.0 Å². The summed E-state index contributed by atoms with van der Waals surface area (Å²) in [5.74, 6) is -3.42. The van der Waals surface area contributed by atoms with Crippen molar-refractivity contribution >= 4 is 63.9 Å². The predicted molar refractivity (Wildman–Crippen MR) is 141 cm³/mol. The second-order valence-corrected chi connectivity index (χ2v) is 10.2. The molecular formula is C25H19Cl3FN5O5. The van der Waals surface area contributed by atoms with Crippen LogP contribution in [0.2, 0.25) is 15.2 Å². The molecule has 1 aliphatic heterocycles. The van der Waals surface area contributed by atoms with E-state index < -0.39 is 42.5 Å². The van der Waals surface area contributed by atoms with Crippen molar-refractivity contribution in [1.82, 2.24) is 19.5 Å². The summed E-state index contributed by atoms with van der Waals surface area (Å²) in [5, 5.41) is 10.4. The minimum absolute atomic E-state index is 0.0391. The summed E-state index contributed by atoms with van der Waals surface area (Å²) in [7, 11) is 0. The number of imidazole rings is 1. The van der Waals surface area contributed by atoms with Crippen LogP contribution >= 0.6 is 34.8 Å². The average molecular weight is 595 g/mol. The molecule has 1 fully saturated rings. The Bertz CT molecular complexity index is 1600. The van der Waals surface area contributed by atoms with Gasteiger partial charge in [0.1, 0.15) is 18.2 Å². The van der Waals surface area contributed by atoms with Gasteiger partial charge in [-0.3, -0.25) is 4.57 Å². The lowest BCUT2D eigenvalue weighted by Crippen LogP contribution is -2.35. The fraction of sp³-hybridized carbons (Fsp3) is 0.240. The molecule has 3 N–H and O–H groups in total. The number of carbonyl (C=O) groups excluding carboxylic acids is 1. The molecule has 3 unspecified atom stereocenters. The highest BCUT2D eigenvalue weighted by Gasteiger charge is 2.57. The summed E-state index contributed by atoms with van der Waals surface area (Å²) < 4.78 is 29.9. The third-order valence-corrected chi connectivity index (χ3v) is 7.20. The number of carbonyl (C=O) groups is 2. The molecule has 4 aromatic rings. The Morgan fingerprint density at radius 1 is 1.15 bits per heavy atom. The molecule has 0 saturated carbocycles. The number of esters is 1. The normalized spacial score (nSPS) is 22.7. The summed E-state index contributed by atoms with van der Waals surface area (Å²) in [6.07, 6.45) is -1.29. The molecule has 3 heterocycles. The Hall–Kier alpha value is -3.51. The van der Waals surface area contributed by atoms with Crippen LogP contribution in [0.15, 0.2) is 48.8 Å². The van der Waals surface area contributed by atoms with Crippen LogP contribution in [-0.2, 0) is 9.47 Å². The Morgan fingerprint density at radius 3 is 2.54 bits per heavy atom. The minimum atomic E-state index is -2.30. The molecule has 39 heavy (non-hydrogen) atoms. The van der Waals surface area contributed by atoms with Crippen molar-refractivity contribution in [3.63, 3.8) is 0 Å². The number of alkyl halides is 1. The van der Waals surface area contributed by atoms with Crippen molar-refractivity contribution in [1.29, 1.82) is 0 Å². The molecule has 0 amide bonds. The number of fused-ring (bicyclic) bond motifs is 1. The number of benzene rings is 2.